The number of piperazine rings is 1. The molecule has 0 radical (unpaired) electrons. The molecule has 0 atom stereocenters. The largest absolute Gasteiger partial charge is 0.338 e. The SMILES string of the molecule is CC(C)N1CCN(CCC=O)CC1=O. The summed E-state index contributed by atoms with van der Waals surface area (Å²) in [5.74, 6) is 0.178. The maximum Gasteiger partial charge on any atom is 0.237 e. The average molecular weight is 198 g/mol. The van der Waals surface area contributed by atoms with E-state index < -0.39 is 0 Å². The third-order valence-electron chi connectivity index (χ3n) is 2.52. The van der Waals surface area contributed by atoms with E-state index in [1.807, 2.05) is 23.6 Å². The quantitative estimate of drug-likeness (QED) is 0.603. The molecular formula is C10H18N2O2. The average Bonchev–Trinajstić information content (AvgIpc) is 2.14. The van der Waals surface area contributed by atoms with Crippen molar-refractivity contribution in [1.29, 1.82) is 0 Å². The summed E-state index contributed by atoms with van der Waals surface area (Å²) in [6.07, 6.45) is 1.42. The fourth-order valence-electron chi connectivity index (χ4n) is 1.71. The minimum absolute atomic E-state index is 0.178. The van der Waals surface area contributed by atoms with Gasteiger partial charge in [0.15, 0.2) is 0 Å². The number of nitrogens with zero attached hydrogens (tertiary/aromatic N) is 2. The third kappa shape index (κ3) is 2.80. The van der Waals surface area contributed by atoms with Crippen molar-refractivity contribution in [2.75, 3.05) is 26.2 Å². The summed E-state index contributed by atoms with van der Waals surface area (Å²) in [4.78, 5) is 25.7. The fourth-order valence-corrected chi connectivity index (χ4v) is 1.71. The molecule has 1 rings (SSSR count). The predicted molar refractivity (Wildman–Crippen MR) is 54.0 cm³/mol. The lowest BCUT2D eigenvalue weighted by Crippen LogP contribution is -2.52. The smallest absolute Gasteiger partial charge is 0.237 e. The van der Waals surface area contributed by atoms with Gasteiger partial charge in [0.05, 0.1) is 6.54 Å². The van der Waals surface area contributed by atoms with Crippen LogP contribution in [0.25, 0.3) is 0 Å². The van der Waals surface area contributed by atoms with E-state index in [2.05, 4.69) is 0 Å². The van der Waals surface area contributed by atoms with Gasteiger partial charge >= 0.3 is 0 Å². The highest BCUT2D eigenvalue weighted by Crippen LogP contribution is 2.07. The van der Waals surface area contributed by atoms with Crippen LogP contribution in [0, 0.1) is 0 Å². The van der Waals surface area contributed by atoms with Crippen LogP contribution in [0.3, 0.4) is 0 Å². The monoisotopic (exact) mass is 198 g/mol. The fraction of sp³-hybridized carbons (Fsp3) is 0.800. The molecule has 0 bridgehead atoms. The van der Waals surface area contributed by atoms with Crippen LogP contribution in [-0.2, 0) is 9.59 Å². The van der Waals surface area contributed by atoms with E-state index >= 15 is 0 Å². The van der Waals surface area contributed by atoms with Gasteiger partial charge in [0, 0.05) is 32.1 Å². The van der Waals surface area contributed by atoms with Gasteiger partial charge in [-0.1, -0.05) is 0 Å². The Hall–Kier alpha value is -0.900. The van der Waals surface area contributed by atoms with Crippen LogP contribution in [0.15, 0.2) is 0 Å². The van der Waals surface area contributed by atoms with Crippen molar-refractivity contribution in [3.8, 4) is 0 Å². The Morgan fingerprint density at radius 2 is 2.14 bits per heavy atom. The van der Waals surface area contributed by atoms with Gasteiger partial charge in [0.25, 0.3) is 0 Å². The van der Waals surface area contributed by atoms with Gasteiger partial charge in [-0.05, 0) is 13.8 Å². The molecule has 0 saturated carbocycles. The van der Waals surface area contributed by atoms with Gasteiger partial charge in [-0.3, -0.25) is 9.69 Å². The highest BCUT2D eigenvalue weighted by atomic mass is 16.2. The molecule has 1 saturated heterocycles. The second-order valence-electron chi connectivity index (χ2n) is 3.91. The van der Waals surface area contributed by atoms with Crippen molar-refractivity contribution in [2.45, 2.75) is 26.3 Å². The lowest BCUT2D eigenvalue weighted by atomic mass is 10.2. The molecule has 1 aliphatic rings. The van der Waals surface area contributed by atoms with Gasteiger partial charge in [-0.2, -0.15) is 0 Å². The molecule has 0 aromatic rings. The second kappa shape index (κ2) is 5.10. The van der Waals surface area contributed by atoms with Crippen molar-refractivity contribution >= 4 is 12.2 Å². The first-order valence-electron chi connectivity index (χ1n) is 5.10. The van der Waals surface area contributed by atoms with E-state index in [1.165, 1.54) is 0 Å². The molecular weight excluding hydrogens is 180 g/mol. The number of hydrogen-bond acceptors (Lipinski definition) is 3. The lowest BCUT2D eigenvalue weighted by Gasteiger charge is -2.36. The molecule has 0 N–H and O–H groups in total. The van der Waals surface area contributed by atoms with Crippen LogP contribution in [0.5, 0.6) is 0 Å². The highest BCUT2D eigenvalue weighted by Gasteiger charge is 2.24. The Kier molecular flexibility index (Phi) is 4.07. The first kappa shape index (κ1) is 11.2. The third-order valence-corrected chi connectivity index (χ3v) is 2.52. The van der Waals surface area contributed by atoms with E-state index in [-0.39, 0.29) is 11.9 Å². The van der Waals surface area contributed by atoms with Crippen molar-refractivity contribution in [3.63, 3.8) is 0 Å². The Labute approximate surface area is 84.9 Å². The number of carbonyl (C=O) groups excluding carboxylic acids is 2. The Bertz CT molecular complexity index is 216. The highest BCUT2D eigenvalue weighted by molar-refractivity contribution is 5.79. The van der Waals surface area contributed by atoms with E-state index in [0.29, 0.717) is 19.5 Å². The molecule has 1 amide bonds. The minimum atomic E-state index is 0.178. The van der Waals surface area contributed by atoms with Gasteiger partial charge in [-0.25, -0.2) is 0 Å². The molecule has 0 aromatic carbocycles. The molecule has 80 valence electrons. The van der Waals surface area contributed by atoms with Crippen molar-refractivity contribution in [2.24, 2.45) is 0 Å². The summed E-state index contributed by atoms with van der Waals surface area (Å²) in [5, 5.41) is 0. The topological polar surface area (TPSA) is 40.6 Å². The van der Waals surface area contributed by atoms with Crippen molar-refractivity contribution in [1.82, 2.24) is 9.80 Å². The first-order chi connectivity index (χ1) is 6.65. The Balaban J connectivity index is 2.38. The van der Waals surface area contributed by atoms with Crippen LogP contribution >= 0.6 is 0 Å². The summed E-state index contributed by atoms with van der Waals surface area (Å²) >= 11 is 0. The van der Waals surface area contributed by atoms with Gasteiger partial charge in [-0.15, -0.1) is 0 Å². The molecule has 4 nitrogen and oxygen atoms in total. The molecule has 1 aliphatic heterocycles. The normalized spacial score (nSPS) is 19.1. The Morgan fingerprint density at radius 1 is 1.43 bits per heavy atom. The van der Waals surface area contributed by atoms with E-state index in [4.69, 9.17) is 0 Å². The molecule has 0 spiro atoms. The van der Waals surface area contributed by atoms with Crippen LogP contribution < -0.4 is 0 Å². The Morgan fingerprint density at radius 3 is 2.64 bits per heavy atom. The molecule has 0 aromatic heterocycles. The van der Waals surface area contributed by atoms with Gasteiger partial charge in [0.1, 0.15) is 6.29 Å². The van der Waals surface area contributed by atoms with Gasteiger partial charge in [0.2, 0.25) is 5.91 Å². The zero-order chi connectivity index (χ0) is 10.6. The molecule has 4 heteroatoms. The number of hydrogen-bond donors (Lipinski definition) is 0. The van der Waals surface area contributed by atoms with E-state index in [9.17, 15) is 9.59 Å². The van der Waals surface area contributed by atoms with Crippen LogP contribution in [0.2, 0.25) is 0 Å². The van der Waals surface area contributed by atoms with Crippen LogP contribution in [-0.4, -0.2) is 54.2 Å². The summed E-state index contributed by atoms with van der Waals surface area (Å²) in [7, 11) is 0. The molecule has 1 heterocycles. The summed E-state index contributed by atoms with van der Waals surface area (Å²) in [6.45, 7) is 6.90. The minimum Gasteiger partial charge on any atom is -0.338 e. The first-order valence-corrected chi connectivity index (χ1v) is 5.10. The van der Waals surface area contributed by atoms with Crippen molar-refractivity contribution in [3.05, 3.63) is 0 Å². The van der Waals surface area contributed by atoms with Crippen LogP contribution in [0.4, 0.5) is 0 Å². The van der Waals surface area contributed by atoms with E-state index in [0.717, 1.165) is 19.4 Å². The summed E-state index contributed by atoms with van der Waals surface area (Å²) in [5.41, 5.74) is 0. The van der Waals surface area contributed by atoms with Gasteiger partial charge < -0.3 is 9.69 Å². The standard InChI is InChI=1S/C10H18N2O2/c1-9(2)12-6-5-11(4-3-7-13)8-10(12)14/h7,9H,3-6,8H2,1-2H3. The van der Waals surface area contributed by atoms with Crippen molar-refractivity contribution < 1.29 is 9.59 Å². The maximum absolute atomic E-state index is 11.6. The summed E-state index contributed by atoms with van der Waals surface area (Å²) in [6, 6.07) is 0.288. The molecule has 0 unspecified atom stereocenters. The van der Waals surface area contributed by atoms with E-state index in [1.54, 1.807) is 0 Å². The zero-order valence-electron chi connectivity index (χ0n) is 8.90. The maximum atomic E-state index is 11.6. The number of rotatable bonds is 4. The second-order valence-corrected chi connectivity index (χ2v) is 3.91. The van der Waals surface area contributed by atoms with Crippen LogP contribution in [0.1, 0.15) is 20.3 Å². The molecule has 1 fully saturated rings. The summed E-state index contributed by atoms with van der Waals surface area (Å²) < 4.78 is 0. The predicted octanol–water partition coefficient (Wildman–Crippen LogP) is 0.128. The lowest BCUT2D eigenvalue weighted by molar-refractivity contribution is -0.138. The number of carbonyl (C=O) groups is 2. The zero-order valence-corrected chi connectivity index (χ0v) is 8.90. The molecule has 0 aliphatic carbocycles. The molecule has 14 heavy (non-hydrogen) atoms. The number of aldehydes is 1. The number of amides is 1.